The topological polar surface area (TPSA) is 112 Å². The Kier molecular flexibility index (Phi) is 5.12. The Bertz CT molecular complexity index is 760. The number of nitrogens with zero attached hydrogens (tertiary/aromatic N) is 4. The summed E-state index contributed by atoms with van der Waals surface area (Å²) in [6.07, 6.45) is 3.12. The molecule has 0 aliphatic carbocycles. The fourth-order valence-electron chi connectivity index (χ4n) is 2.49. The molecule has 26 heavy (non-hydrogen) atoms. The lowest BCUT2D eigenvalue weighted by molar-refractivity contribution is 0.141. The first-order valence-electron chi connectivity index (χ1n) is 8.13. The van der Waals surface area contributed by atoms with Gasteiger partial charge >= 0.3 is 0 Å². The summed E-state index contributed by atoms with van der Waals surface area (Å²) in [6.45, 7) is 2.64. The Morgan fingerprint density at radius 1 is 0.654 bits per heavy atom. The minimum absolute atomic E-state index is 0.00536. The van der Waals surface area contributed by atoms with Gasteiger partial charge < -0.3 is 20.4 Å². The van der Waals surface area contributed by atoms with Crippen LogP contribution < -0.4 is 0 Å². The molecule has 3 rings (SSSR count). The van der Waals surface area contributed by atoms with E-state index in [1.165, 1.54) is 24.3 Å². The molecule has 1 aliphatic heterocycles. The van der Waals surface area contributed by atoms with Gasteiger partial charge in [-0.1, -0.05) is 0 Å². The number of benzene rings is 2. The maximum atomic E-state index is 9.75. The molecule has 8 heteroatoms. The van der Waals surface area contributed by atoms with Gasteiger partial charge in [0.15, 0.2) is 0 Å². The summed E-state index contributed by atoms with van der Waals surface area (Å²) in [5.74, 6) is -0.0343. The van der Waals surface area contributed by atoms with E-state index in [0.717, 1.165) is 0 Å². The molecule has 1 saturated heterocycles. The van der Waals surface area contributed by atoms with Gasteiger partial charge in [-0.3, -0.25) is 10.0 Å². The van der Waals surface area contributed by atoms with Crippen LogP contribution in [0.4, 0.5) is 0 Å². The summed E-state index contributed by atoms with van der Waals surface area (Å²) in [7, 11) is 0. The average molecular weight is 356 g/mol. The fraction of sp³-hybridized carbons (Fsp3) is 0.222. The lowest BCUT2D eigenvalue weighted by atomic mass is 10.2. The second kappa shape index (κ2) is 7.64. The highest BCUT2D eigenvalue weighted by Gasteiger charge is 2.13. The molecule has 2 aromatic carbocycles. The molecule has 2 aromatic rings. The zero-order valence-electron chi connectivity index (χ0n) is 14.0. The van der Waals surface area contributed by atoms with Crippen LogP contribution in [-0.4, -0.2) is 69.1 Å². The molecule has 0 bridgehead atoms. The third-order valence-electron chi connectivity index (χ3n) is 3.98. The van der Waals surface area contributed by atoms with E-state index >= 15 is 0 Å². The van der Waals surface area contributed by atoms with Crippen LogP contribution in [0.5, 0.6) is 23.0 Å². The normalized spacial score (nSPS) is 15.2. The second-order valence-electron chi connectivity index (χ2n) is 5.88. The van der Waals surface area contributed by atoms with Crippen molar-refractivity contribution < 1.29 is 20.4 Å². The van der Waals surface area contributed by atoms with Gasteiger partial charge in [0.1, 0.15) is 23.0 Å². The zero-order chi connectivity index (χ0) is 18.5. The van der Waals surface area contributed by atoms with E-state index in [9.17, 15) is 20.4 Å². The number of rotatable bonds is 4. The van der Waals surface area contributed by atoms with Crippen LogP contribution in [-0.2, 0) is 0 Å². The highest BCUT2D eigenvalue weighted by atomic mass is 16.3. The van der Waals surface area contributed by atoms with Crippen LogP contribution in [0.25, 0.3) is 0 Å². The van der Waals surface area contributed by atoms with Crippen LogP contribution >= 0.6 is 0 Å². The van der Waals surface area contributed by atoms with Crippen molar-refractivity contribution >= 4 is 12.4 Å². The van der Waals surface area contributed by atoms with Gasteiger partial charge in [0, 0.05) is 23.3 Å². The number of phenolic OH excluding ortho intramolecular Hbond substituents is 4. The van der Waals surface area contributed by atoms with Crippen molar-refractivity contribution in [2.75, 3.05) is 26.2 Å². The third kappa shape index (κ3) is 4.35. The van der Waals surface area contributed by atoms with E-state index < -0.39 is 0 Å². The van der Waals surface area contributed by atoms with Crippen LogP contribution in [0, 0.1) is 0 Å². The first-order valence-corrected chi connectivity index (χ1v) is 8.13. The molecule has 1 fully saturated rings. The van der Waals surface area contributed by atoms with Crippen molar-refractivity contribution in [2.24, 2.45) is 10.2 Å². The maximum Gasteiger partial charge on any atom is 0.128 e. The molecule has 0 unspecified atom stereocenters. The quantitative estimate of drug-likeness (QED) is 0.618. The maximum absolute atomic E-state index is 9.75. The average Bonchev–Trinajstić information content (AvgIpc) is 2.61. The fourth-order valence-corrected chi connectivity index (χ4v) is 2.49. The molecule has 4 N–H and O–H groups in total. The summed E-state index contributed by atoms with van der Waals surface area (Å²) in [5, 5.41) is 50.5. The predicted molar refractivity (Wildman–Crippen MR) is 97.9 cm³/mol. The van der Waals surface area contributed by atoms with Gasteiger partial charge in [0.05, 0.1) is 38.6 Å². The highest BCUT2D eigenvalue weighted by molar-refractivity contribution is 5.84. The van der Waals surface area contributed by atoms with Crippen molar-refractivity contribution in [1.82, 2.24) is 10.0 Å². The summed E-state index contributed by atoms with van der Waals surface area (Å²) >= 11 is 0. The highest BCUT2D eigenvalue weighted by Crippen LogP contribution is 2.22. The molecule has 0 aromatic heterocycles. The minimum atomic E-state index is -0.0225. The first kappa shape index (κ1) is 17.4. The summed E-state index contributed by atoms with van der Waals surface area (Å²) < 4.78 is 0. The van der Waals surface area contributed by atoms with Gasteiger partial charge in [0.2, 0.25) is 0 Å². The molecular formula is C18H20N4O4. The number of hydrazone groups is 2. The lowest BCUT2D eigenvalue weighted by Crippen LogP contribution is -2.41. The van der Waals surface area contributed by atoms with Crippen molar-refractivity contribution in [2.45, 2.75) is 0 Å². The monoisotopic (exact) mass is 356 g/mol. The molecule has 0 atom stereocenters. The molecular weight excluding hydrogens is 336 g/mol. The van der Waals surface area contributed by atoms with Gasteiger partial charge in [-0.25, -0.2) is 0 Å². The van der Waals surface area contributed by atoms with Crippen molar-refractivity contribution in [3.05, 3.63) is 47.5 Å². The number of phenols is 4. The predicted octanol–water partition coefficient (Wildman–Crippen LogP) is 1.49. The van der Waals surface area contributed by atoms with Gasteiger partial charge in [-0.15, -0.1) is 0 Å². The summed E-state index contributed by atoms with van der Waals surface area (Å²) in [4.78, 5) is 0. The largest absolute Gasteiger partial charge is 0.508 e. The number of aromatic hydroxyl groups is 4. The Balaban J connectivity index is 1.54. The van der Waals surface area contributed by atoms with Crippen LogP contribution in [0.2, 0.25) is 0 Å². The zero-order valence-corrected chi connectivity index (χ0v) is 14.0. The van der Waals surface area contributed by atoms with Crippen molar-refractivity contribution in [3.63, 3.8) is 0 Å². The first-order chi connectivity index (χ1) is 12.5. The molecule has 0 radical (unpaired) electrons. The summed E-state index contributed by atoms with van der Waals surface area (Å²) in [6, 6.07) is 8.72. The van der Waals surface area contributed by atoms with E-state index in [4.69, 9.17) is 0 Å². The summed E-state index contributed by atoms with van der Waals surface area (Å²) in [5.41, 5.74) is 1.07. The van der Waals surface area contributed by atoms with Gasteiger partial charge in [0.25, 0.3) is 0 Å². The molecule has 0 amide bonds. The Morgan fingerprint density at radius 2 is 1.04 bits per heavy atom. The van der Waals surface area contributed by atoms with Crippen LogP contribution in [0.1, 0.15) is 11.1 Å². The third-order valence-corrected chi connectivity index (χ3v) is 3.98. The van der Waals surface area contributed by atoms with E-state index in [0.29, 0.717) is 37.3 Å². The Morgan fingerprint density at radius 3 is 1.38 bits per heavy atom. The van der Waals surface area contributed by atoms with Crippen LogP contribution in [0.15, 0.2) is 46.6 Å². The van der Waals surface area contributed by atoms with E-state index in [-0.39, 0.29) is 23.0 Å². The van der Waals surface area contributed by atoms with Crippen molar-refractivity contribution in [3.8, 4) is 23.0 Å². The van der Waals surface area contributed by atoms with Crippen molar-refractivity contribution in [1.29, 1.82) is 0 Å². The Labute approximate surface area is 150 Å². The smallest absolute Gasteiger partial charge is 0.128 e. The molecule has 0 spiro atoms. The van der Waals surface area contributed by atoms with E-state index in [1.807, 2.05) is 10.0 Å². The minimum Gasteiger partial charge on any atom is -0.508 e. The van der Waals surface area contributed by atoms with Crippen LogP contribution in [0.3, 0.4) is 0 Å². The van der Waals surface area contributed by atoms with Gasteiger partial charge in [-0.2, -0.15) is 10.2 Å². The standard InChI is InChI=1S/C18H20N4O4/c23-15-3-1-13(17(25)9-15)11-19-21-5-7-22(8-6-21)20-12-14-2-4-16(24)10-18(14)26/h1-4,9-12,23-26H,5-8H2. The van der Waals surface area contributed by atoms with E-state index in [2.05, 4.69) is 10.2 Å². The number of piperazine rings is 1. The van der Waals surface area contributed by atoms with E-state index in [1.54, 1.807) is 24.6 Å². The Hall–Kier alpha value is -3.42. The number of hydrogen-bond acceptors (Lipinski definition) is 8. The molecule has 136 valence electrons. The van der Waals surface area contributed by atoms with Gasteiger partial charge in [-0.05, 0) is 24.3 Å². The second-order valence-corrected chi connectivity index (χ2v) is 5.88. The lowest BCUT2D eigenvalue weighted by Gasteiger charge is -2.31. The SMILES string of the molecule is Oc1ccc(C=NN2CCN(N=Cc3ccc(O)cc3O)CC2)c(O)c1. The number of hydrogen-bond donors (Lipinski definition) is 4. The molecule has 0 saturated carbocycles. The molecule has 1 heterocycles. The molecule has 1 aliphatic rings. The molecule has 8 nitrogen and oxygen atoms in total.